The Kier molecular flexibility index (Phi) is 6.52. The molecule has 0 radical (unpaired) electrons. The Hall–Kier alpha value is -1.80. The lowest BCUT2D eigenvalue weighted by Gasteiger charge is -2.30. The molecule has 2 aromatic rings. The maximum atomic E-state index is 5.88. The lowest BCUT2D eigenvalue weighted by Crippen LogP contribution is -2.36. The summed E-state index contributed by atoms with van der Waals surface area (Å²) >= 11 is 0. The van der Waals surface area contributed by atoms with Gasteiger partial charge in [-0.3, -0.25) is 0 Å². The van der Waals surface area contributed by atoms with Crippen molar-refractivity contribution in [3.8, 4) is 5.75 Å². The third kappa shape index (κ3) is 5.34. The Balaban J connectivity index is 1.50. The van der Waals surface area contributed by atoms with Crippen molar-refractivity contribution >= 4 is 0 Å². The summed E-state index contributed by atoms with van der Waals surface area (Å²) in [5.74, 6) is 1.77. The molecule has 1 aliphatic carbocycles. The van der Waals surface area contributed by atoms with Crippen molar-refractivity contribution < 1.29 is 4.74 Å². The molecule has 2 aromatic carbocycles. The van der Waals surface area contributed by atoms with E-state index >= 15 is 0 Å². The van der Waals surface area contributed by atoms with E-state index in [1.54, 1.807) is 0 Å². The van der Waals surface area contributed by atoms with Gasteiger partial charge in [-0.15, -0.1) is 0 Å². The molecule has 0 bridgehead atoms. The van der Waals surface area contributed by atoms with Gasteiger partial charge in [0.1, 0.15) is 12.4 Å². The first-order valence-electron chi connectivity index (χ1n) is 9.75. The summed E-state index contributed by atoms with van der Waals surface area (Å²) in [5, 5.41) is 3.80. The minimum atomic E-state index is 0.375. The van der Waals surface area contributed by atoms with Crippen LogP contribution in [0.4, 0.5) is 0 Å². The fourth-order valence-electron chi connectivity index (χ4n) is 3.85. The number of ether oxygens (including phenoxy) is 1. The monoisotopic (exact) mass is 337 g/mol. The predicted molar refractivity (Wildman–Crippen MR) is 105 cm³/mol. The first-order valence-corrected chi connectivity index (χ1v) is 9.75. The number of nitrogens with one attached hydrogen (secondary N) is 1. The van der Waals surface area contributed by atoms with Crippen LogP contribution in [0.5, 0.6) is 5.75 Å². The molecule has 134 valence electrons. The number of benzene rings is 2. The molecule has 1 unspecified atom stereocenters. The molecule has 0 heterocycles. The van der Waals surface area contributed by atoms with Gasteiger partial charge in [0.15, 0.2) is 0 Å². The third-order valence-corrected chi connectivity index (χ3v) is 5.50. The molecule has 1 N–H and O–H groups in total. The van der Waals surface area contributed by atoms with Crippen LogP contribution >= 0.6 is 0 Å². The van der Waals surface area contributed by atoms with Gasteiger partial charge in [-0.2, -0.15) is 0 Å². The Labute approximate surface area is 152 Å². The zero-order valence-corrected chi connectivity index (χ0v) is 15.6. The van der Waals surface area contributed by atoms with E-state index < -0.39 is 0 Å². The van der Waals surface area contributed by atoms with E-state index in [0.717, 1.165) is 11.7 Å². The largest absolute Gasteiger partial charge is 0.489 e. The van der Waals surface area contributed by atoms with Crippen molar-refractivity contribution in [2.45, 2.75) is 64.6 Å². The van der Waals surface area contributed by atoms with Crippen LogP contribution < -0.4 is 10.1 Å². The molecule has 1 saturated carbocycles. The van der Waals surface area contributed by atoms with E-state index in [9.17, 15) is 0 Å². The van der Waals surface area contributed by atoms with E-state index in [-0.39, 0.29) is 0 Å². The molecule has 25 heavy (non-hydrogen) atoms. The van der Waals surface area contributed by atoms with Crippen molar-refractivity contribution in [1.29, 1.82) is 0 Å². The summed E-state index contributed by atoms with van der Waals surface area (Å²) in [6.45, 7) is 5.23. The molecule has 2 nitrogen and oxygen atoms in total. The third-order valence-electron chi connectivity index (χ3n) is 5.50. The van der Waals surface area contributed by atoms with Crippen LogP contribution in [0.1, 0.15) is 63.1 Å². The highest BCUT2D eigenvalue weighted by molar-refractivity contribution is 5.29. The fraction of sp³-hybridized carbons (Fsp3) is 0.478. The Bertz CT molecular complexity index is 616. The van der Waals surface area contributed by atoms with Crippen LogP contribution in [0.25, 0.3) is 0 Å². The second-order valence-electron chi connectivity index (χ2n) is 7.42. The van der Waals surface area contributed by atoms with Gasteiger partial charge in [-0.05, 0) is 55.9 Å². The van der Waals surface area contributed by atoms with Crippen molar-refractivity contribution in [2.75, 3.05) is 0 Å². The van der Waals surface area contributed by atoms with E-state index in [0.29, 0.717) is 18.7 Å². The molecule has 2 atom stereocenters. The SMILES string of the molecule is CC(N[C@@H](C)C1CCCCC1)c1ccc(OCc2ccccc2)cc1. The molecule has 2 heteroatoms. The second-order valence-corrected chi connectivity index (χ2v) is 7.42. The maximum Gasteiger partial charge on any atom is 0.119 e. The number of hydrogen-bond acceptors (Lipinski definition) is 2. The van der Waals surface area contributed by atoms with Gasteiger partial charge in [0.2, 0.25) is 0 Å². The van der Waals surface area contributed by atoms with Gasteiger partial charge in [-0.25, -0.2) is 0 Å². The lowest BCUT2D eigenvalue weighted by molar-refractivity contribution is 0.268. The van der Waals surface area contributed by atoms with E-state index in [2.05, 4.69) is 55.6 Å². The average molecular weight is 338 g/mol. The lowest BCUT2D eigenvalue weighted by atomic mass is 9.84. The van der Waals surface area contributed by atoms with Gasteiger partial charge in [0, 0.05) is 12.1 Å². The van der Waals surface area contributed by atoms with Crippen molar-refractivity contribution in [3.63, 3.8) is 0 Å². The first kappa shape index (κ1) is 18.0. The van der Waals surface area contributed by atoms with Crippen LogP contribution in [0.15, 0.2) is 54.6 Å². The maximum absolute atomic E-state index is 5.88. The van der Waals surface area contributed by atoms with Crippen LogP contribution in [-0.2, 0) is 6.61 Å². The van der Waals surface area contributed by atoms with Gasteiger partial charge in [0.25, 0.3) is 0 Å². The molecular weight excluding hydrogens is 306 g/mol. The van der Waals surface area contributed by atoms with Gasteiger partial charge in [-0.1, -0.05) is 61.7 Å². The quantitative estimate of drug-likeness (QED) is 0.680. The predicted octanol–water partition coefficient (Wildman–Crippen LogP) is 5.89. The smallest absolute Gasteiger partial charge is 0.119 e. The highest BCUT2D eigenvalue weighted by Crippen LogP contribution is 2.28. The Morgan fingerprint density at radius 1 is 0.920 bits per heavy atom. The molecule has 0 amide bonds. The van der Waals surface area contributed by atoms with Crippen LogP contribution in [0.2, 0.25) is 0 Å². The topological polar surface area (TPSA) is 21.3 Å². The summed E-state index contributed by atoms with van der Waals surface area (Å²) in [6, 6.07) is 19.8. The normalized spacial score (nSPS) is 17.8. The number of rotatable bonds is 7. The molecule has 3 rings (SSSR count). The minimum Gasteiger partial charge on any atom is -0.489 e. The van der Waals surface area contributed by atoms with Crippen LogP contribution in [0, 0.1) is 5.92 Å². The minimum absolute atomic E-state index is 0.375. The van der Waals surface area contributed by atoms with Crippen LogP contribution in [0.3, 0.4) is 0 Å². The molecule has 0 aliphatic heterocycles. The molecule has 0 aromatic heterocycles. The molecule has 1 aliphatic rings. The molecule has 1 fully saturated rings. The summed E-state index contributed by atoms with van der Waals surface area (Å²) in [7, 11) is 0. The number of hydrogen-bond donors (Lipinski definition) is 1. The van der Waals surface area contributed by atoms with E-state index in [1.807, 2.05) is 18.2 Å². The fourth-order valence-corrected chi connectivity index (χ4v) is 3.85. The standard InChI is InChI=1S/C23H31NO/c1-18(21-11-7-4-8-12-21)24-19(2)22-13-15-23(16-14-22)25-17-20-9-5-3-6-10-20/h3,5-6,9-10,13-16,18-19,21,24H,4,7-8,11-12,17H2,1-2H3/t18-,19?/m0/s1. The average Bonchev–Trinajstić information content (AvgIpc) is 2.68. The summed E-state index contributed by atoms with van der Waals surface area (Å²) < 4.78 is 5.88. The van der Waals surface area contributed by atoms with Crippen molar-refractivity contribution in [3.05, 3.63) is 65.7 Å². The molecule has 0 spiro atoms. The van der Waals surface area contributed by atoms with Gasteiger partial charge >= 0.3 is 0 Å². The zero-order valence-electron chi connectivity index (χ0n) is 15.6. The first-order chi connectivity index (χ1) is 12.2. The summed E-state index contributed by atoms with van der Waals surface area (Å²) in [5.41, 5.74) is 2.53. The van der Waals surface area contributed by atoms with Crippen molar-refractivity contribution in [1.82, 2.24) is 5.32 Å². The van der Waals surface area contributed by atoms with Gasteiger partial charge < -0.3 is 10.1 Å². The zero-order chi connectivity index (χ0) is 17.5. The van der Waals surface area contributed by atoms with E-state index in [1.165, 1.54) is 43.2 Å². The highest BCUT2D eigenvalue weighted by Gasteiger charge is 2.21. The Morgan fingerprint density at radius 2 is 1.60 bits per heavy atom. The van der Waals surface area contributed by atoms with Crippen molar-refractivity contribution in [2.24, 2.45) is 5.92 Å². The second kappa shape index (κ2) is 9.05. The Morgan fingerprint density at radius 3 is 2.28 bits per heavy atom. The van der Waals surface area contributed by atoms with Crippen LogP contribution in [-0.4, -0.2) is 6.04 Å². The van der Waals surface area contributed by atoms with Gasteiger partial charge in [0.05, 0.1) is 0 Å². The molecule has 0 saturated heterocycles. The van der Waals surface area contributed by atoms with E-state index in [4.69, 9.17) is 4.74 Å². The summed E-state index contributed by atoms with van der Waals surface area (Å²) in [6.07, 6.45) is 6.99. The highest BCUT2D eigenvalue weighted by atomic mass is 16.5. The molecular formula is C23H31NO. The summed E-state index contributed by atoms with van der Waals surface area (Å²) in [4.78, 5) is 0.